The summed E-state index contributed by atoms with van der Waals surface area (Å²) < 4.78 is 13.2. The molecule has 1 N–H and O–H groups in total. The Balaban J connectivity index is 1.84. The Bertz CT molecular complexity index is 924. The zero-order valence-electron chi connectivity index (χ0n) is 14.4. The number of amides is 1. The van der Waals surface area contributed by atoms with Crippen LogP contribution in [-0.2, 0) is 6.54 Å². The average molecular weight is 416 g/mol. The Kier molecular flexibility index (Phi) is 5.58. The molecule has 0 aliphatic rings. The van der Waals surface area contributed by atoms with Gasteiger partial charge in [0.15, 0.2) is 11.5 Å². The van der Waals surface area contributed by atoms with Crippen molar-refractivity contribution in [1.29, 1.82) is 0 Å². The van der Waals surface area contributed by atoms with Gasteiger partial charge in [-0.2, -0.15) is 5.10 Å². The smallest absolute Gasteiger partial charge is 0.257 e. The second-order valence-electron chi connectivity index (χ2n) is 5.46. The highest BCUT2D eigenvalue weighted by Crippen LogP contribution is 2.31. The summed E-state index contributed by atoms with van der Waals surface area (Å²) in [5.74, 6) is 1.68. The van der Waals surface area contributed by atoms with Crippen LogP contribution in [0.25, 0.3) is 0 Å². The molecule has 3 aromatic rings. The fourth-order valence-electron chi connectivity index (χ4n) is 2.63. The predicted molar refractivity (Wildman–Crippen MR) is 103 cm³/mol. The zero-order valence-corrected chi connectivity index (χ0v) is 16.0. The summed E-state index contributed by atoms with van der Waals surface area (Å²) in [5, 5.41) is 7.20. The first-order valence-electron chi connectivity index (χ1n) is 7.91. The van der Waals surface area contributed by atoms with E-state index in [1.165, 1.54) is 0 Å². The maximum absolute atomic E-state index is 12.5. The fraction of sp³-hybridized carbons (Fsp3) is 0.158. The number of hydrogen-bond acceptors (Lipinski definition) is 4. The van der Waals surface area contributed by atoms with Crippen LogP contribution in [0.2, 0.25) is 0 Å². The van der Waals surface area contributed by atoms with Crippen molar-refractivity contribution in [3.05, 3.63) is 70.3 Å². The molecule has 0 aliphatic heterocycles. The highest BCUT2D eigenvalue weighted by molar-refractivity contribution is 9.10. The van der Waals surface area contributed by atoms with Crippen molar-refractivity contribution >= 4 is 27.7 Å². The molecule has 6 nitrogen and oxygen atoms in total. The summed E-state index contributed by atoms with van der Waals surface area (Å²) >= 11 is 3.39. The van der Waals surface area contributed by atoms with Gasteiger partial charge in [0, 0.05) is 16.1 Å². The van der Waals surface area contributed by atoms with Crippen LogP contribution in [-0.4, -0.2) is 29.9 Å². The summed E-state index contributed by atoms with van der Waals surface area (Å²) in [7, 11) is 3.19. The van der Waals surface area contributed by atoms with Gasteiger partial charge < -0.3 is 14.8 Å². The van der Waals surface area contributed by atoms with Crippen LogP contribution in [0.1, 0.15) is 15.9 Å². The molecule has 1 aromatic heterocycles. The standard InChI is InChI=1S/C19H18BrN3O3/c1-25-16-9-5-6-13(18(16)26-2)12-23-17(10-11-21-23)22-19(24)14-7-3-4-8-15(14)20/h3-11H,12H2,1-2H3,(H,22,24). The number of para-hydroxylation sites is 1. The fourth-order valence-corrected chi connectivity index (χ4v) is 3.10. The molecule has 0 atom stereocenters. The molecule has 2 aromatic carbocycles. The highest BCUT2D eigenvalue weighted by atomic mass is 79.9. The molecular formula is C19H18BrN3O3. The maximum Gasteiger partial charge on any atom is 0.257 e. The van der Waals surface area contributed by atoms with E-state index in [1.54, 1.807) is 37.2 Å². The van der Waals surface area contributed by atoms with Crippen LogP contribution < -0.4 is 14.8 Å². The summed E-state index contributed by atoms with van der Waals surface area (Å²) in [6.07, 6.45) is 1.64. The molecule has 7 heteroatoms. The topological polar surface area (TPSA) is 65.4 Å². The first-order valence-corrected chi connectivity index (χ1v) is 8.71. The Labute approximate surface area is 159 Å². The van der Waals surface area contributed by atoms with E-state index >= 15 is 0 Å². The predicted octanol–water partition coefficient (Wildman–Crippen LogP) is 3.96. The van der Waals surface area contributed by atoms with Gasteiger partial charge >= 0.3 is 0 Å². The van der Waals surface area contributed by atoms with Crippen molar-refractivity contribution in [1.82, 2.24) is 9.78 Å². The molecule has 26 heavy (non-hydrogen) atoms. The first kappa shape index (κ1) is 18.0. The minimum absolute atomic E-state index is 0.211. The zero-order chi connectivity index (χ0) is 18.5. The third-order valence-electron chi connectivity index (χ3n) is 3.88. The summed E-state index contributed by atoms with van der Waals surface area (Å²) in [6.45, 7) is 0.430. The number of anilines is 1. The van der Waals surface area contributed by atoms with E-state index in [1.807, 2.05) is 36.4 Å². The Hall–Kier alpha value is -2.80. The monoisotopic (exact) mass is 415 g/mol. The van der Waals surface area contributed by atoms with Crippen LogP contribution >= 0.6 is 15.9 Å². The molecule has 0 spiro atoms. The quantitative estimate of drug-likeness (QED) is 0.661. The third-order valence-corrected chi connectivity index (χ3v) is 4.57. The van der Waals surface area contributed by atoms with Gasteiger partial charge in [0.1, 0.15) is 5.82 Å². The van der Waals surface area contributed by atoms with E-state index in [4.69, 9.17) is 9.47 Å². The molecule has 134 valence electrons. The number of rotatable bonds is 6. The minimum Gasteiger partial charge on any atom is -0.493 e. The molecule has 0 saturated carbocycles. The van der Waals surface area contributed by atoms with Crippen molar-refractivity contribution in [2.75, 3.05) is 19.5 Å². The van der Waals surface area contributed by atoms with Crippen molar-refractivity contribution in [2.24, 2.45) is 0 Å². The highest BCUT2D eigenvalue weighted by Gasteiger charge is 2.15. The van der Waals surface area contributed by atoms with E-state index in [0.29, 0.717) is 29.4 Å². The average Bonchev–Trinajstić information content (AvgIpc) is 3.08. The Morgan fingerprint density at radius 2 is 1.92 bits per heavy atom. The number of hydrogen-bond donors (Lipinski definition) is 1. The summed E-state index contributed by atoms with van der Waals surface area (Å²) in [6, 6.07) is 14.7. The molecular weight excluding hydrogens is 398 g/mol. The molecule has 3 rings (SSSR count). The summed E-state index contributed by atoms with van der Waals surface area (Å²) in [4.78, 5) is 12.5. The first-order chi connectivity index (χ1) is 12.6. The number of ether oxygens (including phenoxy) is 2. The second-order valence-corrected chi connectivity index (χ2v) is 6.32. The molecule has 0 bridgehead atoms. The van der Waals surface area contributed by atoms with Gasteiger partial charge in [-0.1, -0.05) is 24.3 Å². The number of nitrogens with zero attached hydrogens (tertiary/aromatic N) is 2. The number of methoxy groups -OCH3 is 2. The summed E-state index contributed by atoms with van der Waals surface area (Å²) in [5.41, 5.74) is 1.45. The van der Waals surface area contributed by atoms with E-state index < -0.39 is 0 Å². The minimum atomic E-state index is -0.211. The molecule has 1 amide bonds. The number of aromatic nitrogens is 2. The number of benzene rings is 2. The second kappa shape index (κ2) is 8.05. The van der Waals surface area contributed by atoms with E-state index in [2.05, 4.69) is 26.3 Å². The van der Waals surface area contributed by atoms with E-state index in [9.17, 15) is 4.79 Å². The lowest BCUT2D eigenvalue weighted by Crippen LogP contribution is -2.16. The van der Waals surface area contributed by atoms with E-state index in [-0.39, 0.29) is 5.91 Å². The van der Waals surface area contributed by atoms with Crippen LogP contribution in [0.4, 0.5) is 5.82 Å². The van der Waals surface area contributed by atoms with Crippen LogP contribution in [0, 0.1) is 0 Å². The maximum atomic E-state index is 12.5. The third kappa shape index (κ3) is 3.72. The Morgan fingerprint density at radius 3 is 2.65 bits per heavy atom. The normalized spacial score (nSPS) is 10.4. The van der Waals surface area contributed by atoms with Crippen molar-refractivity contribution < 1.29 is 14.3 Å². The lowest BCUT2D eigenvalue weighted by Gasteiger charge is -2.14. The lowest BCUT2D eigenvalue weighted by atomic mass is 10.2. The van der Waals surface area contributed by atoms with Gasteiger partial charge in [0.25, 0.3) is 5.91 Å². The molecule has 1 heterocycles. The number of carbonyl (C=O) groups is 1. The lowest BCUT2D eigenvalue weighted by molar-refractivity contribution is 0.102. The van der Waals surface area contributed by atoms with Crippen LogP contribution in [0.3, 0.4) is 0 Å². The molecule has 0 saturated heterocycles. The number of carbonyl (C=O) groups excluding carboxylic acids is 1. The van der Waals surface area contributed by atoms with Gasteiger partial charge in [0.2, 0.25) is 0 Å². The van der Waals surface area contributed by atoms with Crippen molar-refractivity contribution in [2.45, 2.75) is 6.54 Å². The largest absolute Gasteiger partial charge is 0.493 e. The van der Waals surface area contributed by atoms with Gasteiger partial charge in [-0.25, -0.2) is 4.68 Å². The van der Waals surface area contributed by atoms with Crippen molar-refractivity contribution in [3.8, 4) is 11.5 Å². The molecule has 0 aliphatic carbocycles. The van der Waals surface area contributed by atoms with Gasteiger partial charge in [-0.05, 0) is 34.1 Å². The molecule has 0 unspecified atom stereocenters. The van der Waals surface area contributed by atoms with Gasteiger partial charge in [-0.3, -0.25) is 4.79 Å². The molecule has 0 fully saturated rings. The Morgan fingerprint density at radius 1 is 1.12 bits per heavy atom. The number of nitrogens with one attached hydrogen (secondary N) is 1. The number of halogens is 1. The van der Waals surface area contributed by atoms with Crippen LogP contribution in [0.15, 0.2) is 59.2 Å². The van der Waals surface area contributed by atoms with E-state index in [0.717, 1.165) is 10.0 Å². The van der Waals surface area contributed by atoms with Gasteiger partial charge in [0.05, 0.1) is 32.5 Å². The van der Waals surface area contributed by atoms with Crippen LogP contribution in [0.5, 0.6) is 11.5 Å². The van der Waals surface area contributed by atoms with Crippen molar-refractivity contribution in [3.63, 3.8) is 0 Å². The van der Waals surface area contributed by atoms with Gasteiger partial charge in [-0.15, -0.1) is 0 Å². The SMILES string of the molecule is COc1cccc(Cn2nccc2NC(=O)c2ccccc2Br)c1OC. The molecule has 0 radical (unpaired) electrons.